The zero-order valence-corrected chi connectivity index (χ0v) is 9.99. The molecule has 4 heteroatoms. The minimum absolute atomic E-state index is 0.00838. The molecule has 4 nitrogen and oxygen atoms in total. The molecule has 0 spiro atoms. The first kappa shape index (κ1) is 10.6. The Hall–Kier alpha value is -1.55. The molecule has 3 rings (SSSR count). The molecule has 1 aliphatic heterocycles. The number of rotatable bonds is 1. The predicted octanol–water partition coefficient (Wildman–Crippen LogP) is 1.52. The van der Waals surface area contributed by atoms with Crippen molar-refractivity contribution in [1.29, 1.82) is 0 Å². The van der Waals surface area contributed by atoms with E-state index in [-0.39, 0.29) is 17.6 Å². The number of hydrogen-bond acceptors (Lipinski definition) is 4. The monoisotopic (exact) mass is 233 g/mol. The second-order valence-corrected chi connectivity index (χ2v) is 4.75. The van der Waals surface area contributed by atoms with Crippen LogP contribution in [0.2, 0.25) is 0 Å². The maximum absolute atomic E-state index is 12.0. The van der Waals surface area contributed by atoms with Crippen molar-refractivity contribution in [1.82, 2.24) is 4.90 Å². The van der Waals surface area contributed by atoms with Crippen molar-refractivity contribution in [3.8, 4) is 11.5 Å². The van der Waals surface area contributed by atoms with Crippen LogP contribution in [0.4, 0.5) is 0 Å². The highest BCUT2D eigenvalue weighted by Crippen LogP contribution is 2.47. The van der Waals surface area contributed by atoms with Gasteiger partial charge in [0, 0.05) is 19.0 Å². The fraction of sp³-hybridized carbons (Fsp3) is 0.462. The molecule has 90 valence electrons. The molecule has 1 aromatic rings. The number of ketones is 1. The van der Waals surface area contributed by atoms with E-state index in [0.29, 0.717) is 17.7 Å². The summed E-state index contributed by atoms with van der Waals surface area (Å²) in [7, 11) is 3.54. The normalized spacial score (nSPS) is 22.7. The van der Waals surface area contributed by atoms with Gasteiger partial charge in [0.25, 0.3) is 0 Å². The molecule has 0 bridgehead atoms. The molecule has 1 aromatic carbocycles. The van der Waals surface area contributed by atoms with Crippen LogP contribution in [-0.2, 0) is 6.42 Å². The summed E-state index contributed by atoms with van der Waals surface area (Å²) in [4.78, 5) is 14.2. The van der Waals surface area contributed by atoms with Crippen molar-refractivity contribution in [2.75, 3.05) is 20.7 Å². The van der Waals surface area contributed by atoms with E-state index in [1.54, 1.807) is 0 Å². The predicted molar refractivity (Wildman–Crippen MR) is 62.7 cm³/mol. The highest BCUT2D eigenvalue weighted by molar-refractivity contribution is 6.05. The van der Waals surface area contributed by atoms with Crippen LogP contribution in [0.1, 0.15) is 33.9 Å². The summed E-state index contributed by atoms with van der Waals surface area (Å²) < 4.78 is 5.13. The number of carbonyl (C=O) groups excluding carboxylic acids is 1. The van der Waals surface area contributed by atoms with E-state index >= 15 is 0 Å². The third-order valence-corrected chi connectivity index (χ3v) is 3.87. The van der Waals surface area contributed by atoms with Crippen molar-refractivity contribution in [2.45, 2.75) is 18.9 Å². The lowest BCUT2D eigenvalue weighted by atomic mass is 9.93. The number of Topliss-reactive ketones (excluding diaryl/α,β-unsaturated/α-hetero) is 1. The highest BCUT2D eigenvalue weighted by Gasteiger charge is 2.39. The van der Waals surface area contributed by atoms with E-state index in [2.05, 4.69) is 4.90 Å². The van der Waals surface area contributed by atoms with Crippen LogP contribution in [0.3, 0.4) is 0 Å². The fourth-order valence-corrected chi connectivity index (χ4v) is 2.95. The molecule has 17 heavy (non-hydrogen) atoms. The lowest BCUT2D eigenvalue weighted by Crippen LogP contribution is -2.30. The van der Waals surface area contributed by atoms with E-state index in [1.165, 1.54) is 7.11 Å². The number of likely N-dealkylation sites (N-methyl/N-ethyl adjacent to an activating group) is 1. The maximum atomic E-state index is 12.0. The summed E-state index contributed by atoms with van der Waals surface area (Å²) in [5, 5.41) is 10.1. The molecule has 0 amide bonds. The van der Waals surface area contributed by atoms with Gasteiger partial charge in [-0.25, -0.2) is 0 Å². The molecule has 0 fully saturated rings. The van der Waals surface area contributed by atoms with Crippen LogP contribution < -0.4 is 4.74 Å². The van der Waals surface area contributed by atoms with E-state index in [4.69, 9.17) is 4.74 Å². The Morgan fingerprint density at radius 1 is 1.53 bits per heavy atom. The van der Waals surface area contributed by atoms with Gasteiger partial charge in [0.2, 0.25) is 0 Å². The second kappa shape index (κ2) is 3.47. The average Bonchev–Trinajstić information content (AvgIpc) is 2.66. The number of aromatic hydroxyl groups is 1. The van der Waals surface area contributed by atoms with Crippen LogP contribution in [-0.4, -0.2) is 36.5 Å². The Labute approximate surface area is 99.8 Å². The number of hydrogen-bond donors (Lipinski definition) is 1. The number of carbonyl (C=O) groups is 1. The van der Waals surface area contributed by atoms with Gasteiger partial charge in [-0.3, -0.25) is 9.69 Å². The lowest BCUT2D eigenvalue weighted by Gasteiger charge is -2.31. The topological polar surface area (TPSA) is 49.8 Å². The largest absolute Gasteiger partial charge is 0.504 e. The third kappa shape index (κ3) is 1.30. The summed E-state index contributed by atoms with van der Waals surface area (Å²) in [5.41, 5.74) is 2.64. The summed E-state index contributed by atoms with van der Waals surface area (Å²) in [6.45, 7) is 0.943. The van der Waals surface area contributed by atoms with Gasteiger partial charge < -0.3 is 9.84 Å². The van der Waals surface area contributed by atoms with Gasteiger partial charge in [-0.05, 0) is 30.7 Å². The minimum Gasteiger partial charge on any atom is -0.504 e. The molecule has 1 heterocycles. The fourth-order valence-electron chi connectivity index (χ4n) is 2.95. The first-order valence-corrected chi connectivity index (χ1v) is 5.79. The van der Waals surface area contributed by atoms with Gasteiger partial charge in [0.1, 0.15) is 0 Å². The number of phenols is 1. The van der Waals surface area contributed by atoms with Gasteiger partial charge >= 0.3 is 0 Å². The third-order valence-electron chi connectivity index (χ3n) is 3.87. The number of nitrogens with zero attached hydrogens (tertiary/aromatic N) is 1. The number of benzene rings is 1. The van der Waals surface area contributed by atoms with E-state index < -0.39 is 0 Å². The van der Waals surface area contributed by atoms with Crippen LogP contribution in [0.25, 0.3) is 0 Å². The molecule has 0 aromatic heterocycles. The van der Waals surface area contributed by atoms with E-state index in [1.807, 2.05) is 13.1 Å². The standard InChI is InChI=1S/C13H15NO3/c1-14-4-3-7-5-10(17-2)13(16)12-9(15)6-8(14)11(7)12/h5,8,16H,3-4,6H2,1-2H3. The highest BCUT2D eigenvalue weighted by atomic mass is 16.5. The maximum Gasteiger partial charge on any atom is 0.169 e. The summed E-state index contributed by atoms with van der Waals surface area (Å²) in [5.74, 6) is 0.447. The molecule has 0 saturated carbocycles. The molecule has 1 aliphatic carbocycles. The van der Waals surface area contributed by atoms with Gasteiger partial charge in [-0.1, -0.05) is 0 Å². The van der Waals surface area contributed by atoms with Crippen molar-refractivity contribution in [3.05, 3.63) is 22.8 Å². The Balaban J connectivity index is 2.28. The Morgan fingerprint density at radius 3 is 3.00 bits per heavy atom. The molecular weight excluding hydrogens is 218 g/mol. The number of ether oxygens (including phenoxy) is 1. The molecule has 0 saturated heterocycles. The summed E-state index contributed by atoms with van der Waals surface area (Å²) in [6, 6.07) is 2.00. The molecule has 2 aliphatic rings. The van der Waals surface area contributed by atoms with Gasteiger partial charge in [0.05, 0.1) is 12.7 Å². The van der Waals surface area contributed by atoms with Crippen molar-refractivity contribution >= 4 is 5.78 Å². The second-order valence-electron chi connectivity index (χ2n) is 4.75. The first-order valence-electron chi connectivity index (χ1n) is 5.79. The Morgan fingerprint density at radius 2 is 2.29 bits per heavy atom. The first-order chi connectivity index (χ1) is 8.13. The smallest absolute Gasteiger partial charge is 0.169 e. The molecule has 0 radical (unpaired) electrons. The number of methoxy groups -OCH3 is 1. The molecule has 1 atom stereocenters. The quantitative estimate of drug-likeness (QED) is 0.799. The minimum atomic E-state index is 0.00838. The molecule has 1 unspecified atom stereocenters. The molecular formula is C13H15NO3. The van der Waals surface area contributed by atoms with E-state index in [0.717, 1.165) is 24.1 Å². The summed E-state index contributed by atoms with van der Waals surface area (Å²) in [6.07, 6.45) is 1.37. The zero-order chi connectivity index (χ0) is 12.2. The SMILES string of the molecule is COc1cc2c3c(c1O)C(=O)CC3N(C)CC2. The van der Waals surface area contributed by atoms with Crippen LogP contribution >= 0.6 is 0 Å². The van der Waals surface area contributed by atoms with Crippen LogP contribution in [0.15, 0.2) is 6.07 Å². The van der Waals surface area contributed by atoms with Gasteiger partial charge in [0.15, 0.2) is 17.3 Å². The van der Waals surface area contributed by atoms with Gasteiger partial charge in [-0.2, -0.15) is 0 Å². The van der Waals surface area contributed by atoms with Gasteiger partial charge in [-0.15, -0.1) is 0 Å². The Kier molecular flexibility index (Phi) is 2.16. The van der Waals surface area contributed by atoms with Crippen molar-refractivity contribution in [2.24, 2.45) is 0 Å². The van der Waals surface area contributed by atoms with Crippen LogP contribution in [0.5, 0.6) is 11.5 Å². The summed E-state index contributed by atoms with van der Waals surface area (Å²) >= 11 is 0. The van der Waals surface area contributed by atoms with Crippen molar-refractivity contribution < 1.29 is 14.6 Å². The van der Waals surface area contributed by atoms with E-state index in [9.17, 15) is 9.90 Å². The average molecular weight is 233 g/mol. The Bertz CT molecular complexity index is 510. The number of phenolic OH excluding ortho intramolecular Hbond substituents is 1. The molecule has 1 N–H and O–H groups in total. The lowest BCUT2D eigenvalue weighted by molar-refractivity contribution is 0.0960. The zero-order valence-electron chi connectivity index (χ0n) is 9.99. The van der Waals surface area contributed by atoms with Crippen LogP contribution in [0, 0.1) is 0 Å². The van der Waals surface area contributed by atoms with Crippen molar-refractivity contribution in [3.63, 3.8) is 0 Å².